The summed E-state index contributed by atoms with van der Waals surface area (Å²) in [7, 11) is 0. The summed E-state index contributed by atoms with van der Waals surface area (Å²) >= 11 is 6.01. The average Bonchev–Trinajstić information content (AvgIpc) is 3.43. The van der Waals surface area contributed by atoms with E-state index in [4.69, 9.17) is 11.6 Å². The van der Waals surface area contributed by atoms with Crippen molar-refractivity contribution in [3.05, 3.63) is 70.7 Å². The average molecular weight is 343 g/mol. The molecule has 0 atom stereocenters. The molecule has 0 unspecified atom stereocenters. The molecule has 0 aromatic heterocycles. The van der Waals surface area contributed by atoms with Gasteiger partial charge in [0.2, 0.25) is 5.91 Å². The highest BCUT2D eigenvalue weighted by atomic mass is 35.5. The Kier molecular flexibility index (Phi) is 5.16. The molecule has 4 nitrogen and oxygen atoms in total. The van der Waals surface area contributed by atoms with Gasteiger partial charge in [0.15, 0.2) is 0 Å². The van der Waals surface area contributed by atoms with Gasteiger partial charge in [-0.25, -0.2) is 0 Å². The van der Waals surface area contributed by atoms with Crippen LogP contribution in [0.5, 0.6) is 0 Å². The SMILES string of the molecule is O=C(NCC(=O)N(Cc1ccccc1)C1CC1)c1ccccc1Cl. The van der Waals surface area contributed by atoms with Crippen molar-refractivity contribution in [3.63, 3.8) is 0 Å². The minimum atomic E-state index is -0.329. The third-order valence-corrected chi connectivity index (χ3v) is 4.35. The van der Waals surface area contributed by atoms with Crippen molar-refractivity contribution in [2.45, 2.75) is 25.4 Å². The number of nitrogens with one attached hydrogen (secondary N) is 1. The molecule has 1 saturated carbocycles. The molecule has 5 heteroatoms. The van der Waals surface area contributed by atoms with Crippen LogP contribution in [0, 0.1) is 0 Å². The van der Waals surface area contributed by atoms with Crippen LogP contribution in [0.15, 0.2) is 54.6 Å². The molecular formula is C19H19ClN2O2. The smallest absolute Gasteiger partial charge is 0.253 e. The summed E-state index contributed by atoms with van der Waals surface area (Å²) in [6.07, 6.45) is 2.05. The van der Waals surface area contributed by atoms with Crippen LogP contribution in [0.1, 0.15) is 28.8 Å². The van der Waals surface area contributed by atoms with Gasteiger partial charge in [-0.2, -0.15) is 0 Å². The lowest BCUT2D eigenvalue weighted by Gasteiger charge is -2.23. The van der Waals surface area contributed by atoms with E-state index in [0.717, 1.165) is 18.4 Å². The van der Waals surface area contributed by atoms with Crippen molar-refractivity contribution in [3.8, 4) is 0 Å². The maximum atomic E-state index is 12.5. The van der Waals surface area contributed by atoms with Gasteiger partial charge in [0, 0.05) is 12.6 Å². The Bertz CT molecular complexity index is 729. The number of carbonyl (C=O) groups excluding carboxylic acids is 2. The van der Waals surface area contributed by atoms with Crippen molar-refractivity contribution >= 4 is 23.4 Å². The minimum absolute atomic E-state index is 0.0204. The van der Waals surface area contributed by atoms with Crippen LogP contribution in [0.2, 0.25) is 5.02 Å². The fraction of sp³-hybridized carbons (Fsp3) is 0.263. The molecule has 124 valence electrons. The summed E-state index contributed by atoms with van der Waals surface area (Å²) in [5.74, 6) is -0.397. The Morgan fingerprint density at radius 1 is 1.04 bits per heavy atom. The number of carbonyl (C=O) groups is 2. The number of amides is 2. The van der Waals surface area contributed by atoms with Crippen LogP contribution < -0.4 is 5.32 Å². The molecule has 0 saturated heterocycles. The first kappa shape index (κ1) is 16.5. The van der Waals surface area contributed by atoms with E-state index in [0.29, 0.717) is 17.1 Å². The zero-order valence-corrected chi connectivity index (χ0v) is 14.0. The molecule has 1 fully saturated rings. The van der Waals surface area contributed by atoms with Gasteiger partial charge < -0.3 is 10.2 Å². The monoisotopic (exact) mass is 342 g/mol. The van der Waals surface area contributed by atoms with E-state index in [1.54, 1.807) is 24.3 Å². The number of nitrogens with zero attached hydrogens (tertiary/aromatic N) is 1. The third kappa shape index (κ3) is 4.15. The lowest BCUT2D eigenvalue weighted by molar-refractivity contribution is -0.131. The fourth-order valence-electron chi connectivity index (χ4n) is 2.59. The standard InChI is InChI=1S/C19H19ClN2O2/c20-17-9-5-4-8-16(17)19(24)21-12-18(23)22(15-10-11-15)13-14-6-2-1-3-7-14/h1-9,15H,10-13H2,(H,21,24). The quantitative estimate of drug-likeness (QED) is 0.876. The first-order valence-electron chi connectivity index (χ1n) is 8.01. The Morgan fingerprint density at radius 3 is 2.38 bits per heavy atom. The van der Waals surface area contributed by atoms with Crippen molar-refractivity contribution in [2.75, 3.05) is 6.54 Å². The lowest BCUT2D eigenvalue weighted by atomic mass is 10.2. The third-order valence-electron chi connectivity index (χ3n) is 4.02. The Balaban J connectivity index is 1.60. The van der Waals surface area contributed by atoms with E-state index >= 15 is 0 Å². The number of benzene rings is 2. The van der Waals surface area contributed by atoms with E-state index in [2.05, 4.69) is 5.32 Å². The second-order valence-electron chi connectivity index (χ2n) is 5.90. The normalized spacial score (nSPS) is 13.4. The molecule has 3 rings (SSSR count). The first-order chi connectivity index (χ1) is 11.6. The van der Waals surface area contributed by atoms with Crippen LogP contribution in [-0.2, 0) is 11.3 Å². The van der Waals surface area contributed by atoms with Crippen LogP contribution in [0.3, 0.4) is 0 Å². The molecule has 0 bridgehead atoms. The number of halogens is 1. The van der Waals surface area contributed by atoms with Crippen molar-refractivity contribution < 1.29 is 9.59 Å². The predicted molar refractivity (Wildman–Crippen MR) is 93.8 cm³/mol. The Morgan fingerprint density at radius 2 is 1.71 bits per heavy atom. The molecule has 2 aromatic rings. The lowest BCUT2D eigenvalue weighted by Crippen LogP contribution is -2.41. The minimum Gasteiger partial charge on any atom is -0.343 e. The van der Waals surface area contributed by atoms with Gasteiger partial charge in [-0.15, -0.1) is 0 Å². The largest absolute Gasteiger partial charge is 0.343 e. The Hall–Kier alpha value is -2.33. The molecule has 24 heavy (non-hydrogen) atoms. The van der Waals surface area contributed by atoms with Gasteiger partial charge in [0.25, 0.3) is 5.91 Å². The maximum absolute atomic E-state index is 12.5. The van der Waals surface area contributed by atoms with Crippen LogP contribution in [0.25, 0.3) is 0 Å². The van der Waals surface area contributed by atoms with Crippen molar-refractivity contribution in [2.24, 2.45) is 0 Å². The summed E-state index contributed by atoms with van der Waals surface area (Å²) in [6.45, 7) is 0.555. The molecule has 2 amide bonds. The van der Waals surface area contributed by atoms with Crippen LogP contribution in [-0.4, -0.2) is 29.3 Å². The van der Waals surface area contributed by atoms with Crippen molar-refractivity contribution in [1.29, 1.82) is 0 Å². The molecule has 1 aliphatic rings. The van der Waals surface area contributed by atoms with Crippen molar-refractivity contribution in [1.82, 2.24) is 10.2 Å². The highest BCUT2D eigenvalue weighted by Crippen LogP contribution is 2.28. The first-order valence-corrected chi connectivity index (χ1v) is 8.39. The molecule has 1 aliphatic carbocycles. The molecule has 2 aromatic carbocycles. The second kappa shape index (κ2) is 7.49. The summed E-state index contributed by atoms with van der Waals surface area (Å²) in [5, 5.41) is 3.05. The second-order valence-corrected chi connectivity index (χ2v) is 6.31. The van der Waals surface area contributed by atoms with Gasteiger partial charge in [0.05, 0.1) is 17.1 Å². The molecule has 0 heterocycles. The molecule has 0 aliphatic heterocycles. The molecule has 1 N–H and O–H groups in total. The number of hydrogen-bond acceptors (Lipinski definition) is 2. The van der Waals surface area contributed by atoms with Gasteiger partial charge in [0.1, 0.15) is 0 Å². The van der Waals surface area contributed by atoms with E-state index in [1.165, 1.54) is 0 Å². The molecule has 0 spiro atoms. The van der Waals surface area contributed by atoms with E-state index in [9.17, 15) is 9.59 Å². The number of hydrogen-bond donors (Lipinski definition) is 1. The van der Waals surface area contributed by atoms with Gasteiger partial charge in [-0.3, -0.25) is 9.59 Å². The zero-order chi connectivity index (χ0) is 16.9. The van der Waals surface area contributed by atoms with E-state index in [1.807, 2.05) is 35.2 Å². The van der Waals surface area contributed by atoms with Gasteiger partial charge in [-0.05, 0) is 30.5 Å². The van der Waals surface area contributed by atoms with Gasteiger partial charge >= 0.3 is 0 Å². The summed E-state index contributed by atoms with van der Waals surface area (Å²) < 4.78 is 0. The van der Waals surface area contributed by atoms with Gasteiger partial charge in [-0.1, -0.05) is 54.1 Å². The van der Waals surface area contributed by atoms with Crippen LogP contribution in [0.4, 0.5) is 0 Å². The predicted octanol–water partition coefficient (Wildman–Crippen LogP) is 3.26. The van der Waals surface area contributed by atoms with Crippen LogP contribution >= 0.6 is 11.6 Å². The summed E-state index contributed by atoms with van der Waals surface area (Å²) in [5.41, 5.74) is 1.48. The molecular weight excluding hydrogens is 324 g/mol. The Labute approximate surface area is 146 Å². The zero-order valence-electron chi connectivity index (χ0n) is 13.2. The highest BCUT2D eigenvalue weighted by Gasteiger charge is 2.32. The van der Waals surface area contributed by atoms with E-state index < -0.39 is 0 Å². The summed E-state index contributed by atoms with van der Waals surface area (Å²) in [6, 6.07) is 17.0. The summed E-state index contributed by atoms with van der Waals surface area (Å²) in [4.78, 5) is 26.5. The fourth-order valence-corrected chi connectivity index (χ4v) is 2.81. The maximum Gasteiger partial charge on any atom is 0.253 e. The molecule has 0 radical (unpaired) electrons. The van der Waals surface area contributed by atoms with E-state index in [-0.39, 0.29) is 24.4 Å². The number of rotatable bonds is 6. The highest BCUT2D eigenvalue weighted by molar-refractivity contribution is 6.33. The topological polar surface area (TPSA) is 49.4 Å².